The van der Waals surface area contributed by atoms with E-state index in [9.17, 15) is 9.59 Å². The van der Waals surface area contributed by atoms with Gasteiger partial charge in [0.1, 0.15) is 11.3 Å². The highest BCUT2D eigenvalue weighted by Crippen LogP contribution is 2.37. The molecule has 2 aliphatic heterocycles. The van der Waals surface area contributed by atoms with Crippen molar-refractivity contribution in [3.8, 4) is 5.75 Å². The van der Waals surface area contributed by atoms with Crippen LogP contribution in [0.4, 0.5) is 4.79 Å². The minimum Gasteiger partial charge on any atom is -0.497 e. The molecule has 3 amide bonds. The van der Waals surface area contributed by atoms with Gasteiger partial charge in [0.25, 0.3) is 5.91 Å². The molecule has 7 heteroatoms. The van der Waals surface area contributed by atoms with Crippen LogP contribution in [0.25, 0.3) is 0 Å². The highest BCUT2D eigenvalue weighted by atomic mass is 16.5. The normalized spacial score (nSPS) is 19.6. The lowest BCUT2D eigenvalue weighted by atomic mass is 9.85. The van der Waals surface area contributed by atoms with Gasteiger partial charge < -0.3 is 19.3 Å². The predicted octanol–water partition coefficient (Wildman–Crippen LogP) is 2.39. The fourth-order valence-corrected chi connectivity index (χ4v) is 4.40. The van der Waals surface area contributed by atoms with E-state index >= 15 is 0 Å². The van der Waals surface area contributed by atoms with Gasteiger partial charge in [0.2, 0.25) is 0 Å². The van der Waals surface area contributed by atoms with Crippen LogP contribution < -0.4 is 4.74 Å². The molecular weight excluding hydrogens is 370 g/mol. The zero-order valence-corrected chi connectivity index (χ0v) is 18.0. The van der Waals surface area contributed by atoms with Crippen LogP contribution in [0.1, 0.15) is 32.3 Å². The Morgan fingerprint density at radius 1 is 1.03 bits per heavy atom. The van der Waals surface area contributed by atoms with Crippen LogP contribution in [0, 0.1) is 0 Å². The molecule has 0 unspecified atom stereocenters. The summed E-state index contributed by atoms with van der Waals surface area (Å²) in [5, 5.41) is 0. The first-order chi connectivity index (χ1) is 13.9. The molecule has 1 aromatic rings. The molecule has 2 aliphatic rings. The number of hydrogen-bond donors (Lipinski definition) is 0. The van der Waals surface area contributed by atoms with E-state index in [1.165, 1.54) is 4.90 Å². The number of likely N-dealkylation sites (tertiary alicyclic amines) is 1. The van der Waals surface area contributed by atoms with Gasteiger partial charge in [0.15, 0.2) is 0 Å². The lowest BCUT2D eigenvalue weighted by molar-refractivity contribution is -0.136. The van der Waals surface area contributed by atoms with Crippen LogP contribution in [-0.4, -0.2) is 85.2 Å². The highest BCUT2D eigenvalue weighted by molar-refractivity contribution is 6.07. The highest BCUT2D eigenvalue weighted by Gasteiger charge is 2.57. The lowest BCUT2D eigenvalue weighted by Crippen LogP contribution is -2.57. The second-order valence-corrected chi connectivity index (χ2v) is 8.14. The third-order valence-corrected chi connectivity index (χ3v) is 6.28. The minimum atomic E-state index is -0.720. The number of methoxy groups -OCH3 is 2. The quantitative estimate of drug-likeness (QED) is 0.624. The minimum absolute atomic E-state index is 0.0577. The van der Waals surface area contributed by atoms with Crippen molar-refractivity contribution in [2.75, 3.05) is 47.0 Å². The molecule has 0 atom stereocenters. The molecule has 3 rings (SSSR count). The van der Waals surface area contributed by atoms with Crippen LogP contribution in [0.2, 0.25) is 0 Å². The van der Waals surface area contributed by atoms with E-state index in [1.54, 1.807) is 14.2 Å². The summed E-state index contributed by atoms with van der Waals surface area (Å²) in [6.45, 7) is 7.20. The summed E-state index contributed by atoms with van der Waals surface area (Å²) < 4.78 is 10.3. The van der Waals surface area contributed by atoms with Gasteiger partial charge in [-0.15, -0.1) is 0 Å². The molecule has 0 bridgehead atoms. The second-order valence-electron chi connectivity index (χ2n) is 8.14. The number of ether oxygens (including phenoxy) is 2. The standard InChI is InChI=1S/C22H33N3O4/c1-17(2)23-13-10-22(11-14-23)20(26)24(15-16-28-3)21(27)25(22)12-9-18-5-7-19(29-4)8-6-18/h5-8,17H,9-16H2,1-4H3. The zero-order valence-electron chi connectivity index (χ0n) is 18.0. The summed E-state index contributed by atoms with van der Waals surface area (Å²) in [6.07, 6.45) is 2.07. The van der Waals surface area contributed by atoms with Crippen LogP contribution in [-0.2, 0) is 16.0 Å². The summed E-state index contributed by atoms with van der Waals surface area (Å²) in [5.41, 5.74) is 0.402. The maximum Gasteiger partial charge on any atom is 0.327 e. The molecule has 2 saturated heterocycles. The number of amides is 3. The molecule has 1 spiro atoms. The van der Waals surface area contributed by atoms with E-state index in [4.69, 9.17) is 9.47 Å². The molecule has 0 aromatic heterocycles. The van der Waals surface area contributed by atoms with E-state index in [0.29, 0.717) is 45.0 Å². The molecule has 0 saturated carbocycles. The Morgan fingerprint density at radius 3 is 2.24 bits per heavy atom. The van der Waals surface area contributed by atoms with Crippen molar-refractivity contribution in [3.05, 3.63) is 29.8 Å². The van der Waals surface area contributed by atoms with Gasteiger partial charge in [-0.3, -0.25) is 9.69 Å². The number of rotatable bonds is 8. The van der Waals surface area contributed by atoms with Crippen molar-refractivity contribution in [1.82, 2.24) is 14.7 Å². The van der Waals surface area contributed by atoms with E-state index in [-0.39, 0.29) is 11.9 Å². The molecule has 0 N–H and O–H groups in total. The summed E-state index contributed by atoms with van der Waals surface area (Å²) >= 11 is 0. The van der Waals surface area contributed by atoms with Crippen molar-refractivity contribution in [2.24, 2.45) is 0 Å². The largest absolute Gasteiger partial charge is 0.497 e. The Labute approximate surface area is 173 Å². The first-order valence-corrected chi connectivity index (χ1v) is 10.4. The van der Waals surface area contributed by atoms with Crippen molar-refractivity contribution >= 4 is 11.9 Å². The van der Waals surface area contributed by atoms with Crippen LogP contribution in [0.3, 0.4) is 0 Å². The van der Waals surface area contributed by atoms with Crippen molar-refractivity contribution in [3.63, 3.8) is 0 Å². The lowest BCUT2D eigenvalue weighted by Gasteiger charge is -2.43. The first kappa shape index (κ1) is 21.6. The third-order valence-electron chi connectivity index (χ3n) is 6.28. The van der Waals surface area contributed by atoms with Gasteiger partial charge in [-0.25, -0.2) is 4.79 Å². The van der Waals surface area contributed by atoms with E-state index in [2.05, 4.69) is 18.7 Å². The Balaban J connectivity index is 1.78. The van der Waals surface area contributed by atoms with Gasteiger partial charge in [-0.05, 0) is 50.8 Å². The number of imide groups is 1. The van der Waals surface area contributed by atoms with Gasteiger partial charge in [0.05, 0.1) is 20.3 Å². The fraction of sp³-hybridized carbons (Fsp3) is 0.636. The Morgan fingerprint density at radius 2 is 1.69 bits per heavy atom. The Hall–Kier alpha value is -2.12. The van der Waals surface area contributed by atoms with E-state index < -0.39 is 5.54 Å². The van der Waals surface area contributed by atoms with E-state index in [0.717, 1.165) is 24.4 Å². The van der Waals surface area contributed by atoms with Crippen LogP contribution in [0.5, 0.6) is 5.75 Å². The molecule has 1 aromatic carbocycles. The van der Waals surface area contributed by atoms with Crippen molar-refractivity contribution < 1.29 is 19.1 Å². The van der Waals surface area contributed by atoms with Crippen LogP contribution >= 0.6 is 0 Å². The maximum absolute atomic E-state index is 13.4. The van der Waals surface area contributed by atoms with Gasteiger partial charge in [-0.1, -0.05) is 12.1 Å². The molecule has 29 heavy (non-hydrogen) atoms. The number of benzene rings is 1. The number of carbonyl (C=O) groups excluding carboxylic acids is 2. The summed E-state index contributed by atoms with van der Waals surface area (Å²) in [5.74, 6) is 0.752. The number of carbonyl (C=O) groups is 2. The third kappa shape index (κ3) is 4.26. The molecular formula is C22H33N3O4. The maximum atomic E-state index is 13.4. The molecule has 0 radical (unpaired) electrons. The topological polar surface area (TPSA) is 62.3 Å². The fourth-order valence-electron chi connectivity index (χ4n) is 4.40. The van der Waals surface area contributed by atoms with Gasteiger partial charge >= 0.3 is 6.03 Å². The van der Waals surface area contributed by atoms with Gasteiger partial charge in [0, 0.05) is 32.8 Å². The predicted molar refractivity (Wildman–Crippen MR) is 111 cm³/mol. The monoisotopic (exact) mass is 403 g/mol. The second kappa shape index (κ2) is 9.13. The Bertz CT molecular complexity index is 711. The van der Waals surface area contributed by atoms with Crippen molar-refractivity contribution in [1.29, 1.82) is 0 Å². The van der Waals surface area contributed by atoms with Crippen LogP contribution in [0.15, 0.2) is 24.3 Å². The van der Waals surface area contributed by atoms with E-state index in [1.807, 2.05) is 29.2 Å². The summed E-state index contributed by atoms with van der Waals surface area (Å²) in [7, 11) is 3.23. The molecule has 7 nitrogen and oxygen atoms in total. The number of hydrogen-bond acceptors (Lipinski definition) is 5. The van der Waals surface area contributed by atoms with Crippen molar-refractivity contribution in [2.45, 2.75) is 44.7 Å². The molecule has 2 heterocycles. The average Bonchev–Trinajstić information content (AvgIpc) is 2.92. The molecule has 0 aliphatic carbocycles. The number of nitrogens with zero attached hydrogens (tertiary/aromatic N) is 3. The summed E-state index contributed by atoms with van der Waals surface area (Å²) in [4.78, 5) is 32.1. The first-order valence-electron chi connectivity index (χ1n) is 10.4. The number of urea groups is 1. The molecule has 2 fully saturated rings. The smallest absolute Gasteiger partial charge is 0.327 e. The average molecular weight is 404 g/mol. The Kier molecular flexibility index (Phi) is 6.80. The summed E-state index contributed by atoms with van der Waals surface area (Å²) in [6, 6.07) is 8.13. The number of piperidine rings is 1. The van der Waals surface area contributed by atoms with Gasteiger partial charge in [-0.2, -0.15) is 0 Å². The SMILES string of the molecule is COCCN1C(=O)N(CCc2ccc(OC)cc2)C2(CCN(C(C)C)CC2)C1=O. The molecule has 160 valence electrons. The zero-order chi connectivity index (χ0) is 21.0.